The quantitative estimate of drug-likeness (QED) is 0.291. The van der Waals surface area contributed by atoms with E-state index < -0.39 is 28.3 Å². The van der Waals surface area contributed by atoms with Gasteiger partial charge >= 0.3 is 5.97 Å². The Balaban J connectivity index is 1.53. The summed E-state index contributed by atoms with van der Waals surface area (Å²) in [6.07, 6.45) is 1.56. The van der Waals surface area contributed by atoms with Crippen molar-refractivity contribution in [2.45, 2.75) is 38.6 Å². The highest BCUT2D eigenvalue weighted by Crippen LogP contribution is 2.34. The number of ether oxygens (including phenoxy) is 2. The van der Waals surface area contributed by atoms with Crippen LogP contribution in [0.5, 0.6) is 11.5 Å². The summed E-state index contributed by atoms with van der Waals surface area (Å²) in [6.45, 7) is 5.43. The first-order valence-electron chi connectivity index (χ1n) is 11.6. The van der Waals surface area contributed by atoms with Crippen LogP contribution < -0.4 is 31.0 Å². The van der Waals surface area contributed by atoms with Crippen molar-refractivity contribution in [2.24, 2.45) is 0 Å². The van der Waals surface area contributed by atoms with Crippen molar-refractivity contribution in [1.82, 2.24) is 9.97 Å². The van der Waals surface area contributed by atoms with E-state index in [-0.39, 0.29) is 12.1 Å². The van der Waals surface area contributed by atoms with Crippen LogP contribution in [0.2, 0.25) is 0 Å². The van der Waals surface area contributed by atoms with Gasteiger partial charge in [0.2, 0.25) is 10.9 Å². The Morgan fingerprint density at radius 3 is 2.24 bits per heavy atom. The number of aromatic nitrogens is 2. The Labute approximate surface area is 213 Å². The molecule has 0 aliphatic heterocycles. The minimum Gasteiger partial charge on any atom is -0.493 e. The maximum absolute atomic E-state index is 12.1. The number of carbonyl (C=O) groups is 1. The second-order valence-corrected chi connectivity index (χ2v) is 9.67. The Morgan fingerprint density at radius 1 is 1.00 bits per heavy atom. The fourth-order valence-corrected chi connectivity index (χ4v) is 4.20. The van der Waals surface area contributed by atoms with Crippen LogP contribution in [0.25, 0.3) is 10.9 Å². The molecule has 0 aliphatic carbocycles. The fourth-order valence-electron chi connectivity index (χ4n) is 4.20. The molecule has 0 unspecified atom stereocenters. The number of carboxylic acid groups (broad SMARTS) is 1. The molecule has 0 aliphatic rings. The van der Waals surface area contributed by atoms with Crippen LogP contribution in [0, 0.1) is 0 Å². The molecule has 10 nitrogen and oxygen atoms in total. The van der Waals surface area contributed by atoms with Gasteiger partial charge in [0.1, 0.15) is 18.2 Å². The number of aliphatic carboxylic acids is 1. The summed E-state index contributed by atoms with van der Waals surface area (Å²) < 4.78 is 10.7. The number of nitrogens with one attached hydrogen (secondary N) is 2. The Hall–Kier alpha value is -4.47. The third kappa shape index (κ3) is 5.09. The molecule has 1 heterocycles. The van der Waals surface area contributed by atoms with Gasteiger partial charge in [-0.1, -0.05) is 32.9 Å². The van der Waals surface area contributed by atoms with E-state index in [4.69, 9.17) is 9.47 Å². The highest BCUT2D eigenvalue weighted by molar-refractivity contribution is 5.93. The lowest BCUT2D eigenvalue weighted by Gasteiger charge is -2.26. The fraction of sp³-hybridized carbons (Fsp3) is 0.296. The molecular weight excluding hydrogens is 476 g/mol. The van der Waals surface area contributed by atoms with E-state index in [1.807, 2.05) is 20.8 Å². The topological polar surface area (TPSA) is 140 Å². The minimum absolute atomic E-state index is 0.0888. The lowest BCUT2D eigenvalue weighted by Crippen LogP contribution is -2.46. The van der Waals surface area contributed by atoms with Crippen molar-refractivity contribution >= 4 is 34.1 Å². The standard InChI is InChI=1S/C27H28N4O6/c1-27(2,3)21-22(24(33)23(21)32)31-18(26(34)35)10-14-6-8-15(9-7-14)30-25-16-11-19(36-4)20(37-5)12-17(16)28-13-29-25/h6-9,11-13,18,31H,10H2,1-5H3,(H,34,35)(H,28,29,30)/t18-/m0/s1. The van der Waals surface area contributed by atoms with Gasteiger partial charge in [-0.3, -0.25) is 9.59 Å². The number of rotatable bonds is 9. The van der Waals surface area contributed by atoms with Gasteiger partial charge in [0.15, 0.2) is 11.5 Å². The summed E-state index contributed by atoms with van der Waals surface area (Å²) in [4.78, 5) is 44.7. The Bertz CT molecular complexity index is 1530. The van der Waals surface area contributed by atoms with E-state index in [0.29, 0.717) is 28.4 Å². The molecule has 0 fully saturated rings. The molecule has 37 heavy (non-hydrogen) atoms. The second-order valence-electron chi connectivity index (χ2n) is 9.67. The van der Waals surface area contributed by atoms with Crippen LogP contribution in [0.3, 0.4) is 0 Å². The monoisotopic (exact) mass is 504 g/mol. The lowest BCUT2D eigenvalue weighted by atomic mass is 9.82. The van der Waals surface area contributed by atoms with Gasteiger partial charge in [-0.25, -0.2) is 14.8 Å². The zero-order valence-corrected chi connectivity index (χ0v) is 21.2. The molecular formula is C27H28N4O6. The number of carboxylic acids is 1. The summed E-state index contributed by atoms with van der Waals surface area (Å²) in [5.74, 6) is 0.557. The van der Waals surface area contributed by atoms with E-state index in [0.717, 1.165) is 16.6 Å². The average molecular weight is 505 g/mol. The first kappa shape index (κ1) is 25.6. The summed E-state index contributed by atoms with van der Waals surface area (Å²) in [5.41, 5.74) is 0.751. The molecule has 10 heteroatoms. The van der Waals surface area contributed by atoms with Crippen LogP contribution >= 0.6 is 0 Å². The van der Waals surface area contributed by atoms with E-state index in [1.165, 1.54) is 6.33 Å². The van der Waals surface area contributed by atoms with Gasteiger partial charge in [0, 0.05) is 29.1 Å². The predicted molar refractivity (Wildman–Crippen MR) is 141 cm³/mol. The molecule has 192 valence electrons. The number of anilines is 3. The summed E-state index contributed by atoms with van der Waals surface area (Å²) in [5, 5.41) is 16.5. The molecule has 1 atom stereocenters. The maximum atomic E-state index is 12.1. The molecule has 3 N–H and O–H groups in total. The average Bonchev–Trinajstić information content (AvgIpc) is 2.86. The van der Waals surface area contributed by atoms with Gasteiger partial charge in [0.05, 0.1) is 25.4 Å². The van der Waals surface area contributed by atoms with Gasteiger partial charge in [0.25, 0.3) is 0 Å². The number of benzene rings is 2. The van der Waals surface area contributed by atoms with Crippen LogP contribution in [-0.2, 0) is 16.6 Å². The molecule has 0 saturated heterocycles. The maximum Gasteiger partial charge on any atom is 0.326 e. The van der Waals surface area contributed by atoms with Crippen molar-refractivity contribution in [3.05, 3.63) is 74.3 Å². The highest BCUT2D eigenvalue weighted by Gasteiger charge is 2.32. The SMILES string of the molecule is COc1cc2ncnc(Nc3ccc(C[C@H](Nc4c(C(C)(C)C)c(=O)c4=O)C(=O)O)cc3)c2cc1OC. The van der Waals surface area contributed by atoms with E-state index in [2.05, 4.69) is 20.6 Å². The third-order valence-corrected chi connectivity index (χ3v) is 6.07. The second kappa shape index (κ2) is 9.88. The summed E-state index contributed by atoms with van der Waals surface area (Å²) >= 11 is 0. The van der Waals surface area contributed by atoms with Gasteiger partial charge in [-0.15, -0.1) is 0 Å². The normalized spacial score (nSPS) is 12.4. The minimum atomic E-state index is -1.12. The molecule has 4 aromatic rings. The first-order chi connectivity index (χ1) is 17.5. The van der Waals surface area contributed by atoms with Crippen LogP contribution in [0.1, 0.15) is 31.9 Å². The summed E-state index contributed by atoms with van der Waals surface area (Å²) in [6, 6.07) is 9.68. The zero-order chi connectivity index (χ0) is 26.9. The molecule has 0 spiro atoms. The van der Waals surface area contributed by atoms with E-state index in [1.54, 1.807) is 50.6 Å². The third-order valence-electron chi connectivity index (χ3n) is 6.07. The largest absolute Gasteiger partial charge is 0.493 e. The van der Waals surface area contributed by atoms with Crippen molar-refractivity contribution in [1.29, 1.82) is 0 Å². The van der Waals surface area contributed by atoms with Crippen LogP contribution in [-0.4, -0.2) is 41.3 Å². The molecule has 1 aromatic heterocycles. The number of methoxy groups -OCH3 is 2. The van der Waals surface area contributed by atoms with Gasteiger partial charge in [-0.2, -0.15) is 0 Å². The zero-order valence-electron chi connectivity index (χ0n) is 21.2. The molecule has 0 radical (unpaired) electrons. The highest BCUT2D eigenvalue weighted by atomic mass is 16.5. The van der Waals surface area contributed by atoms with E-state index >= 15 is 0 Å². The Kier molecular flexibility index (Phi) is 6.84. The number of hydrogen-bond donors (Lipinski definition) is 3. The molecule has 0 amide bonds. The van der Waals surface area contributed by atoms with Crippen molar-refractivity contribution < 1.29 is 19.4 Å². The molecule has 0 bridgehead atoms. The number of hydrogen-bond acceptors (Lipinski definition) is 9. The summed E-state index contributed by atoms with van der Waals surface area (Å²) in [7, 11) is 3.11. The molecule has 4 rings (SSSR count). The number of fused-ring (bicyclic) bond motifs is 1. The first-order valence-corrected chi connectivity index (χ1v) is 11.6. The van der Waals surface area contributed by atoms with Crippen molar-refractivity contribution in [3.8, 4) is 11.5 Å². The Morgan fingerprint density at radius 2 is 1.65 bits per heavy atom. The lowest BCUT2D eigenvalue weighted by molar-refractivity contribution is -0.137. The molecule has 0 saturated carbocycles. The van der Waals surface area contributed by atoms with Gasteiger partial charge < -0.3 is 25.2 Å². The van der Waals surface area contributed by atoms with Gasteiger partial charge in [-0.05, 0) is 29.2 Å². The number of nitrogens with zero attached hydrogens (tertiary/aromatic N) is 2. The van der Waals surface area contributed by atoms with E-state index in [9.17, 15) is 19.5 Å². The smallest absolute Gasteiger partial charge is 0.326 e. The van der Waals surface area contributed by atoms with Crippen LogP contribution in [0.4, 0.5) is 17.2 Å². The van der Waals surface area contributed by atoms with Crippen molar-refractivity contribution in [2.75, 3.05) is 24.9 Å². The molecule has 3 aromatic carbocycles. The van der Waals surface area contributed by atoms with Crippen LogP contribution in [0.15, 0.2) is 52.3 Å². The predicted octanol–water partition coefficient (Wildman–Crippen LogP) is 3.39. The van der Waals surface area contributed by atoms with Crippen molar-refractivity contribution in [3.63, 3.8) is 0 Å².